The number of hydrogen-bond donors (Lipinski definition) is 0. The maximum Gasteiger partial charge on any atom is 2.00 e. The van der Waals surface area contributed by atoms with Gasteiger partial charge in [0.25, 0.3) is 0 Å². The molecule has 0 atom stereocenters. The van der Waals surface area contributed by atoms with Gasteiger partial charge in [-0.2, -0.15) is 0 Å². The van der Waals surface area contributed by atoms with Crippen LogP contribution in [-0.2, 0) is 22.5 Å². The normalized spacial score (nSPS) is 3.43. The second-order valence-corrected chi connectivity index (χ2v) is 0.224. The zero-order valence-corrected chi connectivity index (χ0v) is 7.66. The van der Waals surface area contributed by atoms with Crippen LogP contribution in [-0.4, -0.2) is 5.09 Å². The van der Waals surface area contributed by atoms with Gasteiger partial charge in [-0.3, -0.25) is 0 Å². The van der Waals surface area contributed by atoms with E-state index in [9.17, 15) is 0 Å². The molecule has 7 heteroatoms. The third kappa shape index (κ3) is 119. The van der Waals surface area contributed by atoms with E-state index in [-0.39, 0.29) is 73.9 Å². The molecule has 0 bridgehead atoms. The number of rotatable bonds is 0. The van der Waals surface area contributed by atoms with Crippen molar-refractivity contribution in [3.8, 4) is 0 Å². The first-order chi connectivity index (χ1) is 1.73. The van der Waals surface area contributed by atoms with Crippen molar-refractivity contribution >= 4 is 0 Å². The van der Waals surface area contributed by atoms with Gasteiger partial charge in [-0.05, 0) is 0 Å². The van der Waals surface area contributed by atoms with Gasteiger partial charge < -0.3 is 20.8 Å². The Morgan fingerprint density at radius 1 is 1.29 bits per heavy atom. The van der Waals surface area contributed by atoms with Gasteiger partial charge in [-0.25, -0.2) is 0 Å². The van der Waals surface area contributed by atoms with Crippen molar-refractivity contribution in [1.29, 1.82) is 0 Å². The van der Waals surface area contributed by atoms with Crippen molar-refractivity contribution in [2.75, 3.05) is 0 Å². The maximum atomic E-state index is 8.25. The SMILES string of the molecule is O=[N+]([O-])[O-].[Fe+2].[K+].[O-2]. The largest absolute Gasteiger partial charge is 2.00 e. The van der Waals surface area contributed by atoms with Crippen molar-refractivity contribution in [3.05, 3.63) is 15.3 Å². The van der Waals surface area contributed by atoms with Gasteiger partial charge >= 0.3 is 68.5 Å². The molecule has 0 aromatic heterocycles. The Balaban J connectivity index is -0.0000000150. The minimum Gasteiger partial charge on any atom is -2.00 e. The van der Waals surface area contributed by atoms with E-state index in [1.54, 1.807) is 0 Å². The van der Waals surface area contributed by atoms with Crippen molar-refractivity contribution < 1.29 is 79.0 Å². The molecule has 0 rings (SSSR count). The Kier molecular flexibility index (Phi) is 53.5. The van der Waals surface area contributed by atoms with E-state index in [2.05, 4.69) is 0 Å². The predicted molar refractivity (Wildman–Crippen MR) is 11.0 cm³/mol. The maximum absolute atomic E-state index is 8.25. The molecule has 0 N–H and O–H groups in total. The standard InChI is InChI=1S/Fe.K.NO3.O/c;;2-1(3)4;/q+2;+1;-1;-2. The van der Waals surface area contributed by atoms with Crippen molar-refractivity contribution in [3.63, 3.8) is 0 Å². The smallest absolute Gasteiger partial charge is 2.00 e. The molecule has 0 unspecified atom stereocenters. The van der Waals surface area contributed by atoms with E-state index in [0.29, 0.717) is 0 Å². The molecule has 38 valence electrons. The Morgan fingerprint density at radius 3 is 1.29 bits per heavy atom. The molecule has 0 aliphatic heterocycles. The van der Waals surface area contributed by atoms with Crippen LogP contribution < -0.4 is 51.4 Å². The molecule has 0 aliphatic rings. The topological polar surface area (TPSA) is 94.7 Å². The summed E-state index contributed by atoms with van der Waals surface area (Å²) < 4.78 is 0. The Morgan fingerprint density at radius 2 is 1.29 bits per heavy atom. The van der Waals surface area contributed by atoms with E-state index >= 15 is 0 Å². The van der Waals surface area contributed by atoms with E-state index in [4.69, 9.17) is 15.3 Å². The predicted octanol–water partition coefficient (Wildman–Crippen LogP) is -3.36. The zero-order chi connectivity index (χ0) is 3.58. The summed E-state index contributed by atoms with van der Waals surface area (Å²) in [7, 11) is 0. The van der Waals surface area contributed by atoms with Crippen LogP contribution in [0, 0.1) is 15.3 Å². The molecular formula is FeKNO4. The first-order valence-electron chi connectivity index (χ1n) is 0.548. The molecule has 0 amide bonds. The van der Waals surface area contributed by atoms with Gasteiger partial charge in [0.05, 0.1) is 5.09 Å². The second-order valence-electron chi connectivity index (χ2n) is 0.224. The molecule has 7 heavy (non-hydrogen) atoms. The van der Waals surface area contributed by atoms with Gasteiger partial charge in [0.15, 0.2) is 0 Å². The van der Waals surface area contributed by atoms with E-state index in [0.717, 1.165) is 0 Å². The van der Waals surface area contributed by atoms with Crippen LogP contribution in [0.3, 0.4) is 0 Å². The van der Waals surface area contributed by atoms with Crippen molar-refractivity contribution in [2.45, 2.75) is 0 Å². The van der Waals surface area contributed by atoms with Gasteiger partial charge in [-0.1, -0.05) is 0 Å². The first-order valence-corrected chi connectivity index (χ1v) is 0.548. The summed E-state index contributed by atoms with van der Waals surface area (Å²) in [4.78, 5) is 8.25. The fraction of sp³-hybridized carbons (Fsp3) is 0. The van der Waals surface area contributed by atoms with E-state index in [1.165, 1.54) is 0 Å². The third-order valence-corrected chi connectivity index (χ3v) is 0. The average Bonchev–Trinajstić information content (AvgIpc) is 0.811. The Labute approximate surface area is 92.8 Å². The van der Waals surface area contributed by atoms with Crippen LogP contribution in [0.4, 0.5) is 0 Å². The van der Waals surface area contributed by atoms with E-state index in [1.807, 2.05) is 0 Å². The van der Waals surface area contributed by atoms with Crippen LogP contribution in [0.15, 0.2) is 0 Å². The summed E-state index contributed by atoms with van der Waals surface area (Å²) in [5.41, 5.74) is 0. The number of hydrogen-bond acceptors (Lipinski definition) is 3. The Bertz CT molecular complexity index is 34.7. The minimum atomic E-state index is -1.75. The minimum absolute atomic E-state index is 0. The summed E-state index contributed by atoms with van der Waals surface area (Å²) in [6, 6.07) is 0. The Hall–Kier alpha value is 1.32. The van der Waals surface area contributed by atoms with Crippen LogP contribution in [0.1, 0.15) is 0 Å². The molecule has 0 aromatic rings. The summed E-state index contributed by atoms with van der Waals surface area (Å²) in [6.45, 7) is 0. The van der Waals surface area contributed by atoms with Gasteiger partial charge in [0, 0.05) is 0 Å². The summed E-state index contributed by atoms with van der Waals surface area (Å²) in [6.07, 6.45) is 0. The molecule has 0 saturated heterocycles. The summed E-state index contributed by atoms with van der Waals surface area (Å²) in [5, 5.41) is 14.8. The van der Waals surface area contributed by atoms with Crippen LogP contribution in [0.2, 0.25) is 0 Å². The van der Waals surface area contributed by atoms with E-state index < -0.39 is 5.09 Å². The fourth-order valence-electron chi connectivity index (χ4n) is 0. The molecule has 0 saturated carbocycles. The van der Waals surface area contributed by atoms with Gasteiger partial charge in [0.2, 0.25) is 0 Å². The van der Waals surface area contributed by atoms with Crippen molar-refractivity contribution in [1.82, 2.24) is 0 Å². The average molecular weight is 173 g/mol. The zero-order valence-electron chi connectivity index (χ0n) is 3.43. The quantitative estimate of drug-likeness (QED) is 0.217. The van der Waals surface area contributed by atoms with Crippen LogP contribution >= 0.6 is 0 Å². The molecule has 0 spiro atoms. The molecule has 0 radical (unpaired) electrons. The molecular weight excluding hydrogens is 173 g/mol. The monoisotopic (exact) mass is 173 g/mol. The molecule has 0 fully saturated rings. The molecule has 0 heterocycles. The summed E-state index contributed by atoms with van der Waals surface area (Å²) >= 11 is 0. The molecule has 0 aromatic carbocycles. The molecule has 0 aliphatic carbocycles. The second kappa shape index (κ2) is 15.7. The fourth-order valence-corrected chi connectivity index (χ4v) is 0. The number of nitrogens with zero attached hydrogens (tertiary/aromatic N) is 1. The van der Waals surface area contributed by atoms with Gasteiger partial charge in [0.1, 0.15) is 0 Å². The van der Waals surface area contributed by atoms with Crippen molar-refractivity contribution in [2.24, 2.45) is 0 Å². The van der Waals surface area contributed by atoms with Crippen LogP contribution in [0.25, 0.3) is 0 Å². The third-order valence-electron chi connectivity index (χ3n) is 0. The summed E-state index contributed by atoms with van der Waals surface area (Å²) in [5.74, 6) is 0. The molecule has 5 nitrogen and oxygen atoms in total. The van der Waals surface area contributed by atoms with Gasteiger partial charge in [-0.15, -0.1) is 0 Å². The first kappa shape index (κ1) is 23.9. The van der Waals surface area contributed by atoms with Crippen LogP contribution in [0.5, 0.6) is 0 Å².